The van der Waals surface area contributed by atoms with Gasteiger partial charge in [0.15, 0.2) is 0 Å². The van der Waals surface area contributed by atoms with Crippen molar-refractivity contribution in [3.05, 3.63) is 29.8 Å². The second-order valence-corrected chi connectivity index (χ2v) is 4.49. The highest BCUT2D eigenvalue weighted by Gasteiger charge is 2.32. The molecule has 0 bridgehead atoms. The molecule has 1 aromatic carbocycles. The number of likely N-dealkylation sites (N-methyl/N-ethyl adjacent to an activating group) is 1. The average molecular weight is 234 g/mol. The van der Waals surface area contributed by atoms with Crippen molar-refractivity contribution in [2.24, 2.45) is 0 Å². The lowest BCUT2D eigenvalue weighted by atomic mass is 10.1. The van der Waals surface area contributed by atoms with E-state index in [1.807, 2.05) is 36.1 Å². The van der Waals surface area contributed by atoms with Crippen molar-refractivity contribution < 1.29 is 9.90 Å². The normalized spacial score (nSPS) is 20.9. The Kier molecular flexibility index (Phi) is 3.33. The number of carbonyl (C=O) groups is 1. The first-order chi connectivity index (χ1) is 8.13. The first kappa shape index (κ1) is 11.9. The van der Waals surface area contributed by atoms with Crippen LogP contribution in [0.2, 0.25) is 0 Å². The fourth-order valence-corrected chi connectivity index (χ4v) is 2.20. The van der Waals surface area contributed by atoms with Crippen LogP contribution in [0, 0.1) is 6.92 Å². The van der Waals surface area contributed by atoms with Gasteiger partial charge in [-0.05, 0) is 24.6 Å². The maximum Gasteiger partial charge on any atom is 0.247 e. The van der Waals surface area contributed by atoms with E-state index >= 15 is 0 Å². The minimum Gasteiger partial charge on any atom is -0.394 e. The summed E-state index contributed by atoms with van der Waals surface area (Å²) in [5.41, 5.74) is 2.16. The Morgan fingerprint density at radius 3 is 2.82 bits per heavy atom. The SMILES string of the molecule is Cc1cccc(N2CCN(C)C(=O)C2CO)c1. The Morgan fingerprint density at radius 1 is 1.41 bits per heavy atom. The van der Waals surface area contributed by atoms with E-state index in [1.165, 1.54) is 0 Å². The second kappa shape index (κ2) is 4.75. The molecule has 2 rings (SSSR count). The maximum atomic E-state index is 11.9. The fourth-order valence-electron chi connectivity index (χ4n) is 2.20. The summed E-state index contributed by atoms with van der Waals surface area (Å²) in [6.07, 6.45) is 0. The van der Waals surface area contributed by atoms with Crippen LogP contribution in [0.25, 0.3) is 0 Å². The zero-order valence-electron chi connectivity index (χ0n) is 10.3. The molecule has 17 heavy (non-hydrogen) atoms. The van der Waals surface area contributed by atoms with Crippen molar-refractivity contribution in [3.8, 4) is 0 Å². The van der Waals surface area contributed by atoms with Gasteiger partial charge in [-0.25, -0.2) is 0 Å². The fraction of sp³-hybridized carbons (Fsp3) is 0.462. The molecule has 0 aromatic heterocycles. The lowest BCUT2D eigenvalue weighted by Gasteiger charge is -2.39. The third kappa shape index (κ3) is 2.26. The highest BCUT2D eigenvalue weighted by atomic mass is 16.3. The van der Waals surface area contributed by atoms with Crippen LogP contribution in [-0.4, -0.2) is 48.7 Å². The van der Waals surface area contributed by atoms with E-state index in [1.54, 1.807) is 11.9 Å². The molecule has 1 saturated heterocycles. The Bertz CT molecular complexity index is 420. The van der Waals surface area contributed by atoms with E-state index in [-0.39, 0.29) is 12.5 Å². The molecule has 1 fully saturated rings. The standard InChI is InChI=1S/C13H18N2O2/c1-10-4-3-5-11(8-10)15-7-6-14(2)13(17)12(15)9-16/h3-5,8,12,16H,6-7,9H2,1-2H3. The molecular formula is C13H18N2O2. The number of aliphatic hydroxyl groups excluding tert-OH is 1. The van der Waals surface area contributed by atoms with Gasteiger partial charge in [0, 0.05) is 25.8 Å². The van der Waals surface area contributed by atoms with Crippen LogP contribution in [0.5, 0.6) is 0 Å². The highest BCUT2D eigenvalue weighted by molar-refractivity contribution is 5.86. The molecule has 1 amide bonds. The summed E-state index contributed by atoms with van der Waals surface area (Å²) in [6.45, 7) is 3.34. The van der Waals surface area contributed by atoms with Crippen LogP contribution >= 0.6 is 0 Å². The first-order valence-electron chi connectivity index (χ1n) is 5.82. The van der Waals surface area contributed by atoms with Gasteiger partial charge in [-0.1, -0.05) is 12.1 Å². The van der Waals surface area contributed by atoms with Crippen molar-refractivity contribution in [1.82, 2.24) is 4.90 Å². The molecular weight excluding hydrogens is 216 g/mol. The molecule has 0 spiro atoms. The summed E-state index contributed by atoms with van der Waals surface area (Å²) in [7, 11) is 1.78. The summed E-state index contributed by atoms with van der Waals surface area (Å²) in [5.74, 6) is -0.0137. The number of amides is 1. The molecule has 1 aliphatic rings. The van der Waals surface area contributed by atoms with Gasteiger partial charge >= 0.3 is 0 Å². The van der Waals surface area contributed by atoms with Gasteiger partial charge in [-0.15, -0.1) is 0 Å². The lowest BCUT2D eigenvalue weighted by Crippen LogP contribution is -2.57. The molecule has 4 heteroatoms. The summed E-state index contributed by atoms with van der Waals surface area (Å²) < 4.78 is 0. The zero-order chi connectivity index (χ0) is 12.4. The van der Waals surface area contributed by atoms with E-state index in [0.717, 1.165) is 17.8 Å². The van der Waals surface area contributed by atoms with Crippen molar-refractivity contribution in [3.63, 3.8) is 0 Å². The monoisotopic (exact) mass is 234 g/mol. The lowest BCUT2D eigenvalue weighted by molar-refractivity contribution is -0.133. The number of benzene rings is 1. The zero-order valence-corrected chi connectivity index (χ0v) is 10.3. The summed E-state index contributed by atoms with van der Waals surface area (Å²) in [5, 5.41) is 9.39. The third-order valence-electron chi connectivity index (χ3n) is 3.22. The van der Waals surface area contributed by atoms with Crippen molar-refractivity contribution in [2.45, 2.75) is 13.0 Å². The van der Waals surface area contributed by atoms with E-state index < -0.39 is 6.04 Å². The quantitative estimate of drug-likeness (QED) is 0.816. The molecule has 1 N–H and O–H groups in total. The Hall–Kier alpha value is -1.55. The average Bonchev–Trinajstić information content (AvgIpc) is 2.32. The molecule has 1 atom stereocenters. The highest BCUT2D eigenvalue weighted by Crippen LogP contribution is 2.21. The first-order valence-corrected chi connectivity index (χ1v) is 5.82. The van der Waals surface area contributed by atoms with E-state index in [4.69, 9.17) is 0 Å². The van der Waals surface area contributed by atoms with Gasteiger partial charge in [0.05, 0.1) is 6.61 Å². The van der Waals surface area contributed by atoms with E-state index in [0.29, 0.717) is 6.54 Å². The number of hydrogen-bond acceptors (Lipinski definition) is 3. The Balaban J connectivity index is 2.28. The third-order valence-corrected chi connectivity index (χ3v) is 3.22. The Morgan fingerprint density at radius 2 is 2.18 bits per heavy atom. The molecule has 0 saturated carbocycles. The topological polar surface area (TPSA) is 43.8 Å². The number of hydrogen-bond donors (Lipinski definition) is 1. The Labute approximate surface area is 101 Å². The smallest absolute Gasteiger partial charge is 0.247 e. The largest absolute Gasteiger partial charge is 0.394 e. The van der Waals surface area contributed by atoms with Crippen LogP contribution in [0.15, 0.2) is 24.3 Å². The molecule has 1 heterocycles. The minimum absolute atomic E-state index is 0.0137. The number of aliphatic hydroxyl groups is 1. The van der Waals surface area contributed by atoms with Crippen LogP contribution in [0.3, 0.4) is 0 Å². The van der Waals surface area contributed by atoms with Crippen LogP contribution < -0.4 is 4.90 Å². The van der Waals surface area contributed by atoms with Crippen molar-refractivity contribution in [2.75, 3.05) is 31.6 Å². The number of anilines is 1. The number of rotatable bonds is 2. The molecule has 1 aliphatic heterocycles. The molecule has 1 unspecified atom stereocenters. The predicted molar refractivity (Wildman–Crippen MR) is 67.0 cm³/mol. The summed E-state index contributed by atoms with van der Waals surface area (Å²) in [6, 6.07) is 7.57. The molecule has 4 nitrogen and oxygen atoms in total. The van der Waals surface area contributed by atoms with Crippen molar-refractivity contribution in [1.29, 1.82) is 0 Å². The second-order valence-electron chi connectivity index (χ2n) is 4.49. The van der Waals surface area contributed by atoms with Gasteiger partial charge in [0.2, 0.25) is 5.91 Å². The van der Waals surface area contributed by atoms with Crippen LogP contribution in [0.4, 0.5) is 5.69 Å². The van der Waals surface area contributed by atoms with Gasteiger partial charge in [-0.2, -0.15) is 0 Å². The summed E-state index contributed by atoms with van der Waals surface area (Å²) in [4.78, 5) is 15.6. The summed E-state index contributed by atoms with van der Waals surface area (Å²) >= 11 is 0. The van der Waals surface area contributed by atoms with Gasteiger partial charge < -0.3 is 14.9 Å². The molecule has 0 radical (unpaired) electrons. The van der Waals surface area contributed by atoms with Gasteiger partial charge in [0.25, 0.3) is 0 Å². The van der Waals surface area contributed by atoms with E-state index in [2.05, 4.69) is 0 Å². The van der Waals surface area contributed by atoms with Gasteiger partial charge in [0.1, 0.15) is 6.04 Å². The van der Waals surface area contributed by atoms with Crippen molar-refractivity contribution >= 4 is 11.6 Å². The number of carbonyl (C=O) groups excluding carboxylic acids is 1. The predicted octanol–water partition coefficient (Wildman–Crippen LogP) is 0.634. The number of aryl methyl sites for hydroxylation is 1. The molecule has 0 aliphatic carbocycles. The van der Waals surface area contributed by atoms with E-state index in [9.17, 15) is 9.90 Å². The number of nitrogens with zero attached hydrogens (tertiary/aromatic N) is 2. The molecule has 92 valence electrons. The maximum absolute atomic E-state index is 11.9. The van der Waals surface area contributed by atoms with Gasteiger partial charge in [-0.3, -0.25) is 4.79 Å². The minimum atomic E-state index is -0.449. The van der Waals surface area contributed by atoms with Crippen LogP contribution in [-0.2, 0) is 4.79 Å². The van der Waals surface area contributed by atoms with Crippen LogP contribution in [0.1, 0.15) is 5.56 Å². The molecule has 1 aromatic rings. The number of piperazine rings is 1.